The predicted octanol–water partition coefficient (Wildman–Crippen LogP) is 3.53. The number of non-ortho nitro benzene ring substituents is 1. The minimum atomic E-state index is -3.88. The molecule has 1 amide bonds. The van der Waals surface area contributed by atoms with Gasteiger partial charge < -0.3 is 9.64 Å². The minimum Gasteiger partial charge on any atom is -0.378 e. The van der Waals surface area contributed by atoms with Gasteiger partial charge in [0, 0.05) is 30.6 Å². The predicted molar refractivity (Wildman–Crippen MR) is 125 cm³/mol. The second kappa shape index (κ2) is 9.69. The number of carbonyl (C=O) groups excluding carboxylic acids is 1. The second-order valence-corrected chi connectivity index (χ2v) is 9.84. The lowest BCUT2D eigenvalue weighted by molar-refractivity contribution is -0.384. The molecule has 2 aromatic carbocycles. The summed E-state index contributed by atoms with van der Waals surface area (Å²) < 4.78 is 33.7. The Balaban J connectivity index is 1.48. The number of amides is 1. The third kappa shape index (κ3) is 5.38. The molecule has 9 nitrogen and oxygen atoms in total. The summed E-state index contributed by atoms with van der Waals surface area (Å²) in [6.45, 7) is 2.06. The first-order valence-corrected chi connectivity index (χ1v) is 12.5. The van der Waals surface area contributed by atoms with Crippen molar-refractivity contribution in [1.29, 1.82) is 0 Å². The molecule has 0 atom stereocenters. The van der Waals surface area contributed by atoms with Crippen LogP contribution in [0.4, 0.5) is 11.4 Å². The molecule has 0 spiro atoms. The molecule has 1 aliphatic rings. The van der Waals surface area contributed by atoms with E-state index in [0.29, 0.717) is 48.7 Å². The van der Waals surface area contributed by atoms with Gasteiger partial charge in [-0.1, -0.05) is 24.3 Å². The Morgan fingerprint density at radius 1 is 1.09 bits per heavy atom. The summed E-state index contributed by atoms with van der Waals surface area (Å²) in [5.41, 5.74) is 2.23. The van der Waals surface area contributed by atoms with Crippen LogP contribution in [0.3, 0.4) is 0 Å². The number of carbonyl (C=O) groups is 1. The number of nitrogens with zero attached hydrogens (tertiary/aromatic N) is 2. The van der Waals surface area contributed by atoms with Gasteiger partial charge in [-0.2, -0.15) is 0 Å². The smallest absolute Gasteiger partial charge is 0.270 e. The highest BCUT2D eigenvalue weighted by molar-refractivity contribution is 7.92. The van der Waals surface area contributed by atoms with Crippen molar-refractivity contribution in [3.8, 4) is 11.1 Å². The Hall–Kier alpha value is -3.28. The van der Waals surface area contributed by atoms with E-state index in [1.165, 1.54) is 35.6 Å². The SMILES string of the molecule is O=C(Cc1cscc1NS(=O)(=O)c1ccc(-c2cccc([N+](=O)[O-])c2)cc1)N1CCOCC1. The van der Waals surface area contributed by atoms with Crippen molar-refractivity contribution >= 4 is 38.6 Å². The molecular formula is C22H21N3O6S2. The van der Waals surface area contributed by atoms with Crippen molar-refractivity contribution in [2.75, 3.05) is 31.0 Å². The topological polar surface area (TPSA) is 119 Å². The molecule has 33 heavy (non-hydrogen) atoms. The van der Waals surface area contributed by atoms with Crippen molar-refractivity contribution in [3.63, 3.8) is 0 Å². The number of thiophene rings is 1. The van der Waals surface area contributed by atoms with Gasteiger partial charge in [-0.05, 0) is 34.2 Å². The number of hydrogen-bond donors (Lipinski definition) is 1. The van der Waals surface area contributed by atoms with Crippen LogP contribution in [0, 0.1) is 10.1 Å². The number of morpholine rings is 1. The highest BCUT2D eigenvalue weighted by atomic mass is 32.2. The minimum absolute atomic E-state index is 0.0394. The van der Waals surface area contributed by atoms with Gasteiger partial charge in [0.1, 0.15) is 0 Å². The fourth-order valence-electron chi connectivity index (χ4n) is 3.47. The molecule has 2 heterocycles. The quantitative estimate of drug-likeness (QED) is 0.402. The zero-order valence-corrected chi connectivity index (χ0v) is 19.1. The van der Waals surface area contributed by atoms with Gasteiger partial charge in [0.15, 0.2) is 0 Å². The third-order valence-electron chi connectivity index (χ3n) is 5.25. The van der Waals surface area contributed by atoms with Crippen LogP contribution >= 0.6 is 11.3 Å². The fraction of sp³-hybridized carbons (Fsp3) is 0.227. The van der Waals surface area contributed by atoms with E-state index >= 15 is 0 Å². The van der Waals surface area contributed by atoms with Crippen molar-refractivity contribution in [2.24, 2.45) is 0 Å². The standard InChI is InChI=1S/C22H21N3O6S2/c26-22(24-8-10-31-11-9-24)13-18-14-32-15-21(18)23-33(29,30)20-6-4-16(5-7-20)17-2-1-3-19(12-17)25(27)28/h1-7,12,14-15,23H,8-11,13H2. The molecule has 1 saturated heterocycles. The van der Waals surface area contributed by atoms with Crippen LogP contribution in [0.15, 0.2) is 64.2 Å². The van der Waals surface area contributed by atoms with Crippen LogP contribution in [0.1, 0.15) is 5.56 Å². The maximum atomic E-state index is 12.9. The van der Waals surface area contributed by atoms with Crippen molar-refractivity contribution in [3.05, 3.63) is 75.0 Å². The zero-order valence-electron chi connectivity index (χ0n) is 17.5. The van der Waals surface area contributed by atoms with Crippen LogP contribution in [0.5, 0.6) is 0 Å². The molecule has 11 heteroatoms. The van der Waals surface area contributed by atoms with E-state index in [4.69, 9.17) is 4.74 Å². The average molecular weight is 488 g/mol. The highest BCUT2D eigenvalue weighted by Gasteiger charge is 2.21. The molecule has 1 N–H and O–H groups in total. The number of nitro groups is 1. The highest BCUT2D eigenvalue weighted by Crippen LogP contribution is 2.28. The Kier molecular flexibility index (Phi) is 6.72. The zero-order chi connectivity index (χ0) is 23.4. The molecule has 3 aromatic rings. The van der Waals surface area contributed by atoms with E-state index in [-0.39, 0.29) is 22.9 Å². The summed E-state index contributed by atoms with van der Waals surface area (Å²) in [6.07, 6.45) is 0.104. The molecular weight excluding hydrogens is 466 g/mol. The second-order valence-electron chi connectivity index (χ2n) is 7.42. The van der Waals surface area contributed by atoms with E-state index in [1.54, 1.807) is 39.9 Å². The van der Waals surface area contributed by atoms with Gasteiger partial charge in [0.25, 0.3) is 15.7 Å². The van der Waals surface area contributed by atoms with Gasteiger partial charge in [-0.25, -0.2) is 8.42 Å². The summed E-state index contributed by atoms with van der Waals surface area (Å²) in [6, 6.07) is 12.2. The number of hydrogen-bond acceptors (Lipinski definition) is 7. The summed E-state index contributed by atoms with van der Waals surface area (Å²) >= 11 is 1.32. The maximum Gasteiger partial charge on any atom is 0.270 e. The molecule has 0 unspecified atom stereocenters. The van der Waals surface area contributed by atoms with Gasteiger partial charge >= 0.3 is 0 Å². The van der Waals surface area contributed by atoms with Gasteiger partial charge in [-0.15, -0.1) is 11.3 Å². The Morgan fingerprint density at radius 3 is 2.52 bits per heavy atom. The molecule has 1 fully saturated rings. The first-order valence-electron chi connectivity index (χ1n) is 10.1. The van der Waals surface area contributed by atoms with Gasteiger partial charge in [0.05, 0.1) is 35.1 Å². The van der Waals surface area contributed by atoms with Crippen LogP contribution < -0.4 is 4.72 Å². The largest absolute Gasteiger partial charge is 0.378 e. The van der Waals surface area contributed by atoms with Gasteiger partial charge in [0.2, 0.25) is 5.91 Å². The van der Waals surface area contributed by atoms with E-state index in [2.05, 4.69) is 4.72 Å². The van der Waals surface area contributed by atoms with E-state index in [0.717, 1.165) is 0 Å². The molecule has 1 aromatic heterocycles. The summed E-state index contributed by atoms with van der Waals surface area (Å²) in [4.78, 5) is 24.8. The third-order valence-corrected chi connectivity index (χ3v) is 7.42. The van der Waals surface area contributed by atoms with Crippen molar-refractivity contribution in [1.82, 2.24) is 4.90 Å². The Morgan fingerprint density at radius 2 is 1.82 bits per heavy atom. The number of nitro benzene ring substituents is 1. The molecule has 1 aliphatic heterocycles. The number of benzene rings is 2. The normalized spacial score (nSPS) is 14.1. The van der Waals surface area contributed by atoms with Crippen molar-refractivity contribution in [2.45, 2.75) is 11.3 Å². The van der Waals surface area contributed by atoms with Crippen LogP contribution in [-0.4, -0.2) is 50.5 Å². The first-order chi connectivity index (χ1) is 15.8. The number of ether oxygens (including phenoxy) is 1. The number of sulfonamides is 1. The van der Waals surface area contributed by atoms with Crippen LogP contribution in [-0.2, 0) is 26.0 Å². The first kappa shape index (κ1) is 22.9. The Labute approximate surface area is 194 Å². The maximum absolute atomic E-state index is 12.9. The van der Waals surface area contributed by atoms with Crippen LogP contribution in [0.25, 0.3) is 11.1 Å². The number of anilines is 1. The van der Waals surface area contributed by atoms with E-state index in [9.17, 15) is 23.3 Å². The summed E-state index contributed by atoms with van der Waals surface area (Å²) in [7, 11) is -3.88. The van der Waals surface area contributed by atoms with E-state index in [1.807, 2.05) is 0 Å². The lowest BCUT2D eigenvalue weighted by Gasteiger charge is -2.26. The Bertz CT molecular complexity index is 1270. The van der Waals surface area contributed by atoms with Gasteiger partial charge in [-0.3, -0.25) is 19.6 Å². The molecule has 172 valence electrons. The summed E-state index contributed by atoms with van der Waals surface area (Å²) in [5, 5.41) is 14.4. The lowest BCUT2D eigenvalue weighted by Crippen LogP contribution is -2.41. The average Bonchev–Trinajstić information content (AvgIpc) is 3.25. The molecule has 0 radical (unpaired) electrons. The van der Waals surface area contributed by atoms with Crippen LogP contribution in [0.2, 0.25) is 0 Å². The molecule has 4 rings (SSSR count). The molecule has 0 saturated carbocycles. The lowest BCUT2D eigenvalue weighted by atomic mass is 10.1. The number of rotatable bonds is 7. The van der Waals surface area contributed by atoms with Crippen molar-refractivity contribution < 1.29 is 22.9 Å². The number of nitrogens with one attached hydrogen (secondary N) is 1. The summed E-state index contributed by atoms with van der Waals surface area (Å²) in [5.74, 6) is -0.0709. The molecule has 0 aliphatic carbocycles. The molecule has 0 bridgehead atoms. The monoisotopic (exact) mass is 487 g/mol. The fourth-order valence-corrected chi connectivity index (χ4v) is 5.42. The van der Waals surface area contributed by atoms with E-state index < -0.39 is 14.9 Å².